The normalized spacial score (nSPS) is 14.7. The zero-order valence-corrected chi connectivity index (χ0v) is 12.8. The van der Waals surface area contributed by atoms with Crippen molar-refractivity contribution in [3.63, 3.8) is 0 Å². The molecule has 0 aliphatic heterocycles. The third-order valence-electron chi connectivity index (χ3n) is 3.16. The maximum absolute atomic E-state index is 11.7. The van der Waals surface area contributed by atoms with Gasteiger partial charge in [-0.25, -0.2) is 27.9 Å². The lowest BCUT2D eigenvalue weighted by atomic mass is 10.3. The van der Waals surface area contributed by atoms with E-state index in [1.54, 1.807) is 6.20 Å². The number of aromatic nitrogens is 2. The van der Waals surface area contributed by atoms with Crippen LogP contribution in [0.25, 0.3) is 0 Å². The Bertz CT molecular complexity index is 599. The summed E-state index contributed by atoms with van der Waals surface area (Å²) in [5.74, 6) is 0.507. The molecule has 1 aliphatic rings. The number of hydrogen-bond acceptors (Lipinski definition) is 5. The summed E-state index contributed by atoms with van der Waals surface area (Å²) in [7, 11) is -3.60. The number of sulfonamides is 1. The zero-order valence-electron chi connectivity index (χ0n) is 12.0. The molecule has 8 heteroatoms. The van der Waals surface area contributed by atoms with Gasteiger partial charge in [0.05, 0.1) is 5.75 Å². The van der Waals surface area contributed by atoms with Crippen molar-refractivity contribution < 1.29 is 13.2 Å². The number of urea groups is 1. The van der Waals surface area contributed by atoms with E-state index >= 15 is 0 Å². The third kappa shape index (κ3) is 5.30. The van der Waals surface area contributed by atoms with Gasteiger partial charge in [-0.05, 0) is 25.3 Å². The van der Waals surface area contributed by atoms with Gasteiger partial charge in [0.15, 0.2) is 0 Å². The van der Waals surface area contributed by atoms with Crippen molar-refractivity contribution in [1.29, 1.82) is 0 Å². The van der Waals surface area contributed by atoms with Crippen molar-refractivity contribution in [3.05, 3.63) is 18.0 Å². The number of anilines is 1. The Morgan fingerprint density at radius 2 is 2.14 bits per heavy atom. The molecule has 0 bridgehead atoms. The van der Waals surface area contributed by atoms with Crippen LogP contribution in [-0.4, -0.2) is 30.2 Å². The molecule has 1 heterocycles. The van der Waals surface area contributed by atoms with Crippen molar-refractivity contribution in [1.82, 2.24) is 14.7 Å². The van der Waals surface area contributed by atoms with Crippen molar-refractivity contribution in [2.24, 2.45) is 0 Å². The van der Waals surface area contributed by atoms with Crippen LogP contribution in [0.3, 0.4) is 0 Å². The molecule has 2 amide bonds. The summed E-state index contributed by atoms with van der Waals surface area (Å²) in [6, 6.07) is 0.988. The Morgan fingerprint density at radius 3 is 2.81 bits per heavy atom. The molecule has 0 aromatic carbocycles. The SMILES string of the molecule is CCCCCS(=O)(=O)NC(=O)Nc1nccc(C2CC2)n1. The molecule has 1 saturated carbocycles. The number of hydrogen-bond donors (Lipinski definition) is 2. The molecule has 0 spiro atoms. The first-order valence-electron chi connectivity index (χ1n) is 7.14. The van der Waals surface area contributed by atoms with Crippen LogP contribution in [0, 0.1) is 0 Å². The van der Waals surface area contributed by atoms with Crippen LogP contribution in [0.5, 0.6) is 0 Å². The number of rotatable bonds is 7. The van der Waals surface area contributed by atoms with Gasteiger partial charge in [0.25, 0.3) is 0 Å². The number of nitrogens with zero attached hydrogens (tertiary/aromatic N) is 2. The Morgan fingerprint density at radius 1 is 1.38 bits per heavy atom. The molecule has 0 saturated heterocycles. The van der Waals surface area contributed by atoms with E-state index in [0.717, 1.165) is 31.4 Å². The maximum atomic E-state index is 11.7. The fraction of sp³-hybridized carbons (Fsp3) is 0.615. The number of carbonyl (C=O) groups excluding carboxylic acids is 1. The molecule has 2 N–H and O–H groups in total. The lowest BCUT2D eigenvalue weighted by Crippen LogP contribution is -2.36. The van der Waals surface area contributed by atoms with Gasteiger partial charge < -0.3 is 0 Å². The molecule has 1 aromatic heterocycles. The molecular formula is C13H20N4O3S. The molecule has 116 valence electrons. The minimum Gasteiger partial charge on any atom is -0.275 e. The average Bonchev–Trinajstić information content (AvgIpc) is 3.22. The molecule has 1 aliphatic carbocycles. The topological polar surface area (TPSA) is 101 Å². The van der Waals surface area contributed by atoms with Crippen molar-refractivity contribution >= 4 is 22.0 Å². The molecule has 0 unspecified atom stereocenters. The predicted molar refractivity (Wildman–Crippen MR) is 79.5 cm³/mol. The highest BCUT2D eigenvalue weighted by atomic mass is 32.2. The summed E-state index contributed by atoms with van der Waals surface area (Å²) in [6.07, 6.45) is 6.01. The lowest BCUT2D eigenvalue weighted by Gasteiger charge is -2.08. The molecule has 0 radical (unpaired) electrons. The molecule has 1 aromatic rings. The highest BCUT2D eigenvalue weighted by Gasteiger charge is 2.25. The van der Waals surface area contributed by atoms with Gasteiger partial charge in [0.1, 0.15) is 0 Å². The summed E-state index contributed by atoms with van der Waals surface area (Å²) in [5, 5.41) is 2.36. The molecule has 1 fully saturated rings. The van der Waals surface area contributed by atoms with E-state index in [4.69, 9.17) is 0 Å². The van der Waals surface area contributed by atoms with Gasteiger partial charge in [-0.2, -0.15) is 0 Å². The van der Waals surface area contributed by atoms with Crippen molar-refractivity contribution in [2.75, 3.05) is 11.1 Å². The summed E-state index contributed by atoms with van der Waals surface area (Å²) in [5.41, 5.74) is 0.881. The summed E-state index contributed by atoms with van der Waals surface area (Å²) in [6.45, 7) is 1.98. The van der Waals surface area contributed by atoms with Gasteiger partial charge >= 0.3 is 6.03 Å². The molecule has 21 heavy (non-hydrogen) atoms. The van der Waals surface area contributed by atoms with E-state index in [-0.39, 0.29) is 11.7 Å². The minimum atomic E-state index is -3.60. The van der Waals surface area contributed by atoms with E-state index in [0.29, 0.717) is 12.3 Å². The number of nitrogens with one attached hydrogen (secondary N) is 2. The fourth-order valence-electron chi connectivity index (χ4n) is 1.90. The Labute approximate surface area is 124 Å². The first-order chi connectivity index (χ1) is 10.00. The Kier molecular flexibility index (Phi) is 5.11. The van der Waals surface area contributed by atoms with E-state index in [1.807, 2.05) is 17.7 Å². The summed E-state index contributed by atoms with van der Waals surface area (Å²) < 4.78 is 25.3. The van der Waals surface area contributed by atoms with Crippen molar-refractivity contribution in [3.8, 4) is 0 Å². The maximum Gasteiger partial charge on any atom is 0.335 e. The van der Waals surface area contributed by atoms with Crippen LogP contribution in [0.4, 0.5) is 10.7 Å². The largest absolute Gasteiger partial charge is 0.335 e. The summed E-state index contributed by atoms with van der Waals surface area (Å²) in [4.78, 5) is 19.8. The van der Waals surface area contributed by atoms with Crippen molar-refractivity contribution in [2.45, 2.75) is 44.9 Å². The predicted octanol–water partition coefficient (Wildman–Crippen LogP) is 2.00. The second kappa shape index (κ2) is 6.84. The first-order valence-corrected chi connectivity index (χ1v) is 8.80. The van der Waals surface area contributed by atoms with Gasteiger partial charge in [0, 0.05) is 17.8 Å². The molecule has 0 atom stereocenters. The second-order valence-corrected chi connectivity index (χ2v) is 7.00. The second-order valence-electron chi connectivity index (χ2n) is 5.16. The van der Waals surface area contributed by atoms with Crippen LogP contribution < -0.4 is 10.0 Å². The van der Waals surface area contributed by atoms with Gasteiger partial charge in [0.2, 0.25) is 16.0 Å². The number of unbranched alkanes of at least 4 members (excludes halogenated alkanes) is 2. The summed E-state index contributed by atoms with van der Waals surface area (Å²) >= 11 is 0. The van der Waals surface area contributed by atoms with Crippen LogP contribution in [0.2, 0.25) is 0 Å². The molecule has 2 rings (SSSR count). The van der Waals surface area contributed by atoms with Gasteiger partial charge in [-0.15, -0.1) is 0 Å². The zero-order chi connectivity index (χ0) is 15.3. The number of amides is 2. The van der Waals surface area contributed by atoms with Gasteiger partial charge in [-0.3, -0.25) is 5.32 Å². The van der Waals surface area contributed by atoms with E-state index < -0.39 is 16.1 Å². The highest BCUT2D eigenvalue weighted by molar-refractivity contribution is 7.90. The Hall–Kier alpha value is -1.70. The van der Waals surface area contributed by atoms with Crippen LogP contribution in [0.1, 0.15) is 50.6 Å². The first kappa shape index (κ1) is 15.7. The van der Waals surface area contributed by atoms with Crippen LogP contribution in [-0.2, 0) is 10.0 Å². The quantitative estimate of drug-likeness (QED) is 0.750. The van der Waals surface area contributed by atoms with Crippen LogP contribution in [0.15, 0.2) is 12.3 Å². The minimum absolute atomic E-state index is 0.0583. The lowest BCUT2D eigenvalue weighted by molar-refractivity contribution is 0.256. The molecule has 7 nitrogen and oxygen atoms in total. The fourth-order valence-corrected chi connectivity index (χ4v) is 2.92. The number of carbonyl (C=O) groups is 1. The van der Waals surface area contributed by atoms with E-state index in [2.05, 4.69) is 15.3 Å². The average molecular weight is 312 g/mol. The standard InChI is InChI=1S/C13H20N4O3S/c1-2-3-4-9-21(19,20)17-13(18)16-12-14-8-7-11(15-12)10-5-6-10/h7-8,10H,2-6,9H2,1H3,(H2,14,15,16,17,18). The monoisotopic (exact) mass is 312 g/mol. The van der Waals surface area contributed by atoms with Gasteiger partial charge in [-0.1, -0.05) is 19.8 Å². The van der Waals surface area contributed by atoms with E-state index in [1.165, 1.54) is 0 Å². The smallest absolute Gasteiger partial charge is 0.275 e. The Balaban J connectivity index is 1.87. The molecular weight excluding hydrogens is 292 g/mol. The third-order valence-corrected chi connectivity index (χ3v) is 4.49. The van der Waals surface area contributed by atoms with Crippen LogP contribution >= 0.6 is 0 Å². The van der Waals surface area contributed by atoms with E-state index in [9.17, 15) is 13.2 Å². The highest BCUT2D eigenvalue weighted by Crippen LogP contribution is 2.38.